The minimum Gasteiger partial charge on any atom is -0.347 e. The summed E-state index contributed by atoms with van der Waals surface area (Å²) >= 11 is 0. The van der Waals surface area contributed by atoms with Crippen molar-refractivity contribution in [2.24, 2.45) is 0 Å². The standard InChI is InChI=1S/C9H16N/c1-5-7-10(8-6-2)9(3)4/h5-8H,1-4H3/b7-5-,8-6-. The Hall–Kier alpha value is -0.720. The van der Waals surface area contributed by atoms with Gasteiger partial charge in [-0.3, -0.25) is 0 Å². The van der Waals surface area contributed by atoms with Crippen LogP contribution in [0.5, 0.6) is 0 Å². The molecule has 0 saturated carbocycles. The van der Waals surface area contributed by atoms with E-state index < -0.39 is 0 Å². The highest BCUT2D eigenvalue weighted by Gasteiger charge is 1.97. The third-order valence-electron chi connectivity index (χ3n) is 1.14. The van der Waals surface area contributed by atoms with Gasteiger partial charge in [0, 0.05) is 0 Å². The maximum absolute atomic E-state index is 2.08. The molecular weight excluding hydrogens is 122 g/mol. The first-order valence-electron chi connectivity index (χ1n) is 3.56. The average Bonchev–Trinajstić information content (AvgIpc) is 1.87. The van der Waals surface area contributed by atoms with E-state index in [1.807, 2.05) is 38.4 Å². The van der Waals surface area contributed by atoms with Crippen molar-refractivity contribution in [2.75, 3.05) is 0 Å². The van der Waals surface area contributed by atoms with E-state index in [2.05, 4.69) is 18.7 Å². The van der Waals surface area contributed by atoms with Gasteiger partial charge in [0.25, 0.3) is 0 Å². The van der Waals surface area contributed by atoms with E-state index in [4.69, 9.17) is 0 Å². The molecular formula is C9H16N. The van der Waals surface area contributed by atoms with Crippen LogP contribution in [0.25, 0.3) is 0 Å². The summed E-state index contributed by atoms with van der Waals surface area (Å²) in [5.74, 6) is 0. The summed E-state index contributed by atoms with van der Waals surface area (Å²) < 4.78 is 0. The maximum Gasteiger partial charge on any atom is 0.0612 e. The first kappa shape index (κ1) is 9.28. The largest absolute Gasteiger partial charge is 0.347 e. The number of rotatable bonds is 3. The molecule has 1 heteroatoms. The second-order valence-corrected chi connectivity index (χ2v) is 2.32. The predicted molar refractivity (Wildman–Crippen MR) is 46.1 cm³/mol. The third-order valence-corrected chi connectivity index (χ3v) is 1.14. The normalized spacial score (nSPS) is 12.1. The number of nitrogens with zero attached hydrogens (tertiary/aromatic N) is 1. The van der Waals surface area contributed by atoms with Crippen molar-refractivity contribution in [3.05, 3.63) is 30.6 Å². The van der Waals surface area contributed by atoms with Gasteiger partial charge in [-0.05, 0) is 40.1 Å². The Labute approximate surface area is 64.0 Å². The molecule has 1 radical (unpaired) electrons. The van der Waals surface area contributed by atoms with Gasteiger partial charge in [-0.25, -0.2) is 0 Å². The quantitative estimate of drug-likeness (QED) is 0.579. The lowest BCUT2D eigenvalue weighted by Gasteiger charge is -2.18. The molecule has 1 nitrogen and oxygen atoms in total. The molecule has 0 aliphatic heterocycles. The van der Waals surface area contributed by atoms with Crippen LogP contribution in [0, 0.1) is 6.04 Å². The van der Waals surface area contributed by atoms with E-state index in [0.29, 0.717) is 0 Å². The molecule has 0 N–H and O–H groups in total. The van der Waals surface area contributed by atoms with Crippen molar-refractivity contribution in [3.8, 4) is 0 Å². The Morgan fingerprint density at radius 1 is 1.00 bits per heavy atom. The van der Waals surface area contributed by atoms with E-state index in [1.165, 1.54) is 6.04 Å². The van der Waals surface area contributed by atoms with Crippen LogP contribution >= 0.6 is 0 Å². The van der Waals surface area contributed by atoms with Crippen LogP contribution in [0.4, 0.5) is 0 Å². The van der Waals surface area contributed by atoms with Crippen molar-refractivity contribution < 1.29 is 0 Å². The molecule has 0 aliphatic carbocycles. The van der Waals surface area contributed by atoms with Crippen LogP contribution in [0.1, 0.15) is 27.7 Å². The number of hydrogen-bond acceptors (Lipinski definition) is 1. The molecule has 57 valence electrons. The van der Waals surface area contributed by atoms with E-state index in [0.717, 1.165) is 0 Å². The molecule has 0 aliphatic rings. The Morgan fingerprint density at radius 3 is 1.60 bits per heavy atom. The lowest BCUT2D eigenvalue weighted by atomic mass is 10.3. The minimum absolute atomic E-state index is 1.27. The predicted octanol–water partition coefficient (Wildman–Crippen LogP) is 2.93. The van der Waals surface area contributed by atoms with Gasteiger partial charge in [0.15, 0.2) is 0 Å². The van der Waals surface area contributed by atoms with Gasteiger partial charge in [-0.15, -0.1) is 0 Å². The Morgan fingerprint density at radius 2 is 1.40 bits per heavy atom. The molecule has 0 rings (SSSR count). The van der Waals surface area contributed by atoms with Crippen molar-refractivity contribution >= 4 is 0 Å². The average molecular weight is 138 g/mol. The van der Waals surface area contributed by atoms with Gasteiger partial charge in [0.05, 0.1) is 6.04 Å². The minimum atomic E-state index is 1.27. The van der Waals surface area contributed by atoms with Gasteiger partial charge in [-0.2, -0.15) is 0 Å². The van der Waals surface area contributed by atoms with Crippen LogP contribution in [0.3, 0.4) is 0 Å². The fraction of sp³-hybridized carbons (Fsp3) is 0.444. The summed E-state index contributed by atoms with van der Waals surface area (Å²) in [6.07, 6.45) is 8.12. The number of allylic oxidation sites excluding steroid dienone is 2. The second kappa shape index (κ2) is 5.10. The Balaban J connectivity index is 3.98. The molecule has 0 bridgehead atoms. The van der Waals surface area contributed by atoms with Crippen LogP contribution in [0.2, 0.25) is 0 Å². The second-order valence-electron chi connectivity index (χ2n) is 2.32. The molecule has 0 heterocycles. The van der Waals surface area contributed by atoms with E-state index in [-0.39, 0.29) is 0 Å². The monoisotopic (exact) mass is 138 g/mol. The topological polar surface area (TPSA) is 3.24 Å². The van der Waals surface area contributed by atoms with E-state index >= 15 is 0 Å². The molecule has 0 aromatic heterocycles. The lowest BCUT2D eigenvalue weighted by Crippen LogP contribution is -2.10. The van der Waals surface area contributed by atoms with E-state index in [1.54, 1.807) is 0 Å². The van der Waals surface area contributed by atoms with Crippen LogP contribution in [0.15, 0.2) is 24.6 Å². The maximum atomic E-state index is 2.08. The Bertz CT molecular complexity index is 111. The lowest BCUT2D eigenvalue weighted by molar-refractivity contribution is 0.532. The number of hydrogen-bond donors (Lipinski definition) is 0. The molecule has 0 aromatic rings. The van der Waals surface area contributed by atoms with Gasteiger partial charge in [0.2, 0.25) is 0 Å². The highest BCUT2D eigenvalue weighted by Crippen LogP contribution is 2.06. The summed E-state index contributed by atoms with van der Waals surface area (Å²) in [5.41, 5.74) is 0. The molecule has 0 fully saturated rings. The summed E-state index contributed by atoms with van der Waals surface area (Å²) in [7, 11) is 0. The first-order valence-corrected chi connectivity index (χ1v) is 3.56. The zero-order valence-electron chi connectivity index (χ0n) is 7.26. The zero-order chi connectivity index (χ0) is 7.98. The smallest absolute Gasteiger partial charge is 0.0612 e. The molecule has 0 saturated heterocycles. The molecule has 0 spiro atoms. The molecule has 0 atom stereocenters. The summed E-state index contributed by atoms with van der Waals surface area (Å²) in [4.78, 5) is 2.08. The van der Waals surface area contributed by atoms with Gasteiger partial charge >= 0.3 is 0 Å². The zero-order valence-corrected chi connectivity index (χ0v) is 7.26. The molecule has 0 aromatic carbocycles. The van der Waals surface area contributed by atoms with Gasteiger partial charge in [0.1, 0.15) is 0 Å². The molecule has 0 amide bonds. The van der Waals surface area contributed by atoms with Crippen LogP contribution in [-0.4, -0.2) is 4.90 Å². The fourth-order valence-corrected chi connectivity index (χ4v) is 0.669. The van der Waals surface area contributed by atoms with Gasteiger partial charge in [-0.1, -0.05) is 12.2 Å². The van der Waals surface area contributed by atoms with Crippen molar-refractivity contribution in [2.45, 2.75) is 27.7 Å². The first-order chi connectivity index (χ1) is 4.72. The third kappa shape index (κ3) is 3.33. The van der Waals surface area contributed by atoms with Crippen molar-refractivity contribution in [1.82, 2.24) is 4.90 Å². The Kier molecular flexibility index (Phi) is 4.73. The van der Waals surface area contributed by atoms with E-state index in [9.17, 15) is 0 Å². The van der Waals surface area contributed by atoms with Crippen LogP contribution < -0.4 is 0 Å². The summed E-state index contributed by atoms with van der Waals surface area (Å²) in [5, 5.41) is 0. The highest BCUT2D eigenvalue weighted by atomic mass is 15.1. The van der Waals surface area contributed by atoms with Crippen molar-refractivity contribution in [1.29, 1.82) is 0 Å². The van der Waals surface area contributed by atoms with Crippen LogP contribution in [-0.2, 0) is 0 Å². The summed E-state index contributed by atoms with van der Waals surface area (Å²) in [6.45, 7) is 8.19. The highest BCUT2D eigenvalue weighted by molar-refractivity contribution is 4.97. The van der Waals surface area contributed by atoms with Crippen molar-refractivity contribution in [3.63, 3.8) is 0 Å². The molecule has 0 unspecified atom stereocenters. The molecule has 10 heavy (non-hydrogen) atoms. The van der Waals surface area contributed by atoms with Gasteiger partial charge < -0.3 is 4.90 Å². The SMILES string of the molecule is C/C=C\N(/C=C\C)[C](C)C. The summed E-state index contributed by atoms with van der Waals surface area (Å²) in [6, 6.07) is 1.27. The fourth-order valence-electron chi connectivity index (χ4n) is 0.669.